The van der Waals surface area contributed by atoms with E-state index in [-0.39, 0.29) is 6.10 Å². The summed E-state index contributed by atoms with van der Waals surface area (Å²) in [5.41, 5.74) is 0. The molecule has 0 amide bonds. The first kappa shape index (κ1) is 85.1. The van der Waals surface area contributed by atoms with Crippen molar-refractivity contribution >= 4 is 5.97 Å². The first-order valence-electron chi connectivity index (χ1n) is 40.6. The summed E-state index contributed by atoms with van der Waals surface area (Å²) in [4.78, 5) is 11.9. The van der Waals surface area contributed by atoms with Gasteiger partial charge in [0, 0.05) is 0 Å². The molecule has 4 nitrogen and oxygen atoms in total. The number of carbonyl (C=O) groups is 1. The minimum Gasteiger partial charge on any atom is -0.481 e. The highest BCUT2D eigenvalue weighted by Crippen LogP contribution is 2.24. The fourth-order valence-corrected chi connectivity index (χ4v) is 13.9. The Morgan fingerprint density at radius 2 is 0.477 bits per heavy atom. The van der Waals surface area contributed by atoms with Gasteiger partial charge in [0.2, 0.25) is 0 Å². The van der Waals surface area contributed by atoms with E-state index in [9.17, 15) is 20.1 Å². The lowest BCUT2D eigenvalue weighted by Gasteiger charge is -2.19. The first-order chi connectivity index (χ1) is 42.3. The van der Waals surface area contributed by atoms with Crippen LogP contribution in [0.15, 0.2) is 12.2 Å². The Hall–Kier alpha value is -0.870. The molecule has 0 saturated heterocycles. The molecule has 3 N–H and O–H groups in total. The van der Waals surface area contributed by atoms with Gasteiger partial charge < -0.3 is 15.3 Å². The van der Waals surface area contributed by atoms with E-state index in [0.717, 1.165) is 38.0 Å². The summed E-state index contributed by atoms with van der Waals surface area (Å²) in [6.07, 6.45) is 98.0. The van der Waals surface area contributed by atoms with Crippen LogP contribution in [0.5, 0.6) is 0 Å². The molecule has 0 fully saturated rings. The van der Waals surface area contributed by atoms with Gasteiger partial charge in [0.15, 0.2) is 0 Å². The summed E-state index contributed by atoms with van der Waals surface area (Å²) in [5.74, 6) is -0.186. The number of carboxylic acids is 1. The van der Waals surface area contributed by atoms with E-state index in [1.165, 1.54) is 405 Å². The quantitative estimate of drug-likeness (QED) is 0.0419. The summed E-state index contributed by atoms with van der Waals surface area (Å²) < 4.78 is 0. The number of unbranched alkanes of at least 4 members (excludes halogenated alkanes) is 61. The smallest absolute Gasteiger partial charge is 0.309 e. The van der Waals surface area contributed by atoms with Crippen molar-refractivity contribution in [3.8, 4) is 0 Å². The molecule has 0 aliphatic rings. The van der Waals surface area contributed by atoms with Crippen LogP contribution in [0.4, 0.5) is 0 Å². The number of carboxylic acid groups (broad SMARTS) is 1. The fourth-order valence-electron chi connectivity index (χ4n) is 13.9. The molecule has 4 heteroatoms. The zero-order valence-corrected chi connectivity index (χ0v) is 59.8. The molecule has 0 aliphatic carbocycles. The molecule has 0 bridgehead atoms. The number of aliphatic hydroxyl groups is 2. The van der Waals surface area contributed by atoms with Gasteiger partial charge in [-0.3, -0.25) is 4.79 Å². The summed E-state index contributed by atoms with van der Waals surface area (Å²) >= 11 is 0. The van der Waals surface area contributed by atoms with Crippen molar-refractivity contribution in [3.63, 3.8) is 0 Å². The van der Waals surface area contributed by atoms with Crippen molar-refractivity contribution in [2.24, 2.45) is 17.8 Å². The molecular formula is C82H162O4. The second-order valence-electron chi connectivity index (χ2n) is 29.1. The third-order valence-electron chi connectivity index (χ3n) is 20.3. The van der Waals surface area contributed by atoms with E-state index in [2.05, 4.69) is 39.8 Å². The van der Waals surface area contributed by atoms with Gasteiger partial charge in [-0.2, -0.15) is 0 Å². The minimum atomic E-state index is -0.803. The van der Waals surface area contributed by atoms with Crippen LogP contribution in [0.1, 0.15) is 477 Å². The molecule has 0 saturated carbocycles. The van der Waals surface area contributed by atoms with Gasteiger partial charge in [-0.25, -0.2) is 0 Å². The van der Waals surface area contributed by atoms with E-state index in [0.29, 0.717) is 18.8 Å². The standard InChI is InChI=1S/C82H162O4/c1-5-7-9-11-13-15-17-19-21-23-24-25-26-32-38-44-50-56-62-68-74-79(82(85)86)81(84)76-70-64-58-52-46-40-34-28-30-36-42-48-54-60-66-72-77(3)71-65-59-53-47-41-35-29-27-33-39-45-51-57-63-69-75-80(83)78(4)73-67-61-55-49-43-37-31-22-20-18-16-14-12-10-8-6-2/h65,71,77-81,83-84H,5-64,66-70,72-76H2,1-4H3,(H,85,86)/b71-65+/t77-,78+,79-,80-,81-/m1/s1. The van der Waals surface area contributed by atoms with Crippen LogP contribution in [0, 0.1) is 17.8 Å². The predicted molar refractivity (Wildman–Crippen MR) is 385 cm³/mol. The molecular weight excluding hydrogens is 1050 g/mol. The molecule has 0 spiro atoms. The Morgan fingerprint density at radius 3 is 0.744 bits per heavy atom. The highest BCUT2D eigenvalue weighted by molar-refractivity contribution is 5.70. The number of allylic oxidation sites excluding steroid dienone is 2. The SMILES string of the molecule is CCCCCCCCCCCCCCCCCCCCCC[C@@H](C(=O)O)[C@H](O)CCCCCCCCCCCCCCCCC[C@H](C)/C=C/CCCCCCCCCCCCCCC[C@@H](O)[C@@H](C)CCCCCCCCCCCCCCCCCC. The normalized spacial score (nSPS) is 13.7. The van der Waals surface area contributed by atoms with Crippen molar-refractivity contribution in [2.45, 2.75) is 489 Å². The average Bonchev–Trinajstić information content (AvgIpc) is 3.51. The summed E-state index contributed by atoms with van der Waals surface area (Å²) in [6, 6.07) is 0. The molecule has 0 radical (unpaired) electrons. The highest BCUT2D eigenvalue weighted by Gasteiger charge is 2.25. The van der Waals surface area contributed by atoms with Gasteiger partial charge in [0.1, 0.15) is 0 Å². The van der Waals surface area contributed by atoms with E-state index in [1.807, 2.05) is 0 Å². The molecule has 86 heavy (non-hydrogen) atoms. The van der Waals surface area contributed by atoms with Gasteiger partial charge in [-0.15, -0.1) is 0 Å². The number of aliphatic carboxylic acids is 1. The molecule has 0 heterocycles. The van der Waals surface area contributed by atoms with E-state index >= 15 is 0 Å². The number of aliphatic hydroxyl groups excluding tert-OH is 2. The van der Waals surface area contributed by atoms with Gasteiger partial charge in [-0.05, 0) is 56.8 Å². The summed E-state index contributed by atoms with van der Waals surface area (Å²) in [6.45, 7) is 9.30. The lowest BCUT2D eigenvalue weighted by molar-refractivity contribution is -0.146. The topological polar surface area (TPSA) is 77.8 Å². The molecule has 0 rings (SSSR count). The number of hydrogen-bond donors (Lipinski definition) is 3. The van der Waals surface area contributed by atoms with Gasteiger partial charge in [0.25, 0.3) is 0 Å². The number of hydrogen-bond acceptors (Lipinski definition) is 3. The molecule has 5 atom stereocenters. The minimum absolute atomic E-state index is 0.0854. The van der Waals surface area contributed by atoms with Gasteiger partial charge >= 0.3 is 5.97 Å². The highest BCUT2D eigenvalue weighted by atomic mass is 16.4. The molecule has 0 aromatic heterocycles. The van der Waals surface area contributed by atoms with Crippen LogP contribution in [0.2, 0.25) is 0 Å². The van der Waals surface area contributed by atoms with E-state index < -0.39 is 18.0 Å². The van der Waals surface area contributed by atoms with Gasteiger partial charge in [-0.1, -0.05) is 444 Å². The Morgan fingerprint density at radius 1 is 0.267 bits per heavy atom. The molecule has 0 aromatic rings. The third-order valence-corrected chi connectivity index (χ3v) is 20.3. The summed E-state index contributed by atoms with van der Waals surface area (Å²) in [5, 5.41) is 31.3. The van der Waals surface area contributed by atoms with Crippen LogP contribution >= 0.6 is 0 Å². The van der Waals surface area contributed by atoms with E-state index in [1.54, 1.807) is 0 Å². The Kier molecular flexibility index (Phi) is 72.4. The van der Waals surface area contributed by atoms with Crippen LogP contribution in [0.25, 0.3) is 0 Å². The Balaban J connectivity index is 3.44. The second kappa shape index (κ2) is 73.2. The largest absolute Gasteiger partial charge is 0.481 e. The number of rotatable bonds is 76. The van der Waals surface area contributed by atoms with E-state index in [4.69, 9.17) is 0 Å². The first-order valence-corrected chi connectivity index (χ1v) is 40.6. The molecule has 0 unspecified atom stereocenters. The second-order valence-corrected chi connectivity index (χ2v) is 29.1. The molecule has 0 aliphatic heterocycles. The molecule has 514 valence electrons. The zero-order valence-electron chi connectivity index (χ0n) is 59.8. The van der Waals surface area contributed by atoms with Crippen LogP contribution in [-0.2, 0) is 4.79 Å². The lowest BCUT2D eigenvalue weighted by Crippen LogP contribution is -2.28. The van der Waals surface area contributed by atoms with Crippen LogP contribution in [0.3, 0.4) is 0 Å². The zero-order chi connectivity index (χ0) is 62.4. The van der Waals surface area contributed by atoms with Crippen LogP contribution < -0.4 is 0 Å². The van der Waals surface area contributed by atoms with Crippen molar-refractivity contribution in [2.75, 3.05) is 0 Å². The van der Waals surface area contributed by atoms with Gasteiger partial charge in [0.05, 0.1) is 18.1 Å². The molecule has 0 aromatic carbocycles. The predicted octanol–water partition coefficient (Wildman–Crippen LogP) is 28.6. The lowest BCUT2D eigenvalue weighted by atomic mass is 9.91. The fraction of sp³-hybridized carbons (Fsp3) is 0.963. The van der Waals surface area contributed by atoms with Crippen LogP contribution in [-0.4, -0.2) is 33.5 Å². The van der Waals surface area contributed by atoms with Crippen molar-refractivity contribution < 1.29 is 20.1 Å². The summed E-state index contributed by atoms with van der Waals surface area (Å²) in [7, 11) is 0. The maximum atomic E-state index is 11.9. The maximum absolute atomic E-state index is 11.9. The Labute approximate surface area is 542 Å². The van der Waals surface area contributed by atoms with Crippen molar-refractivity contribution in [3.05, 3.63) is 12.2 Å². The monoisotopic (exact) mass is 1210 g/mol. The van der Waals surface area contributed by atoms with Crippen molar-refractivity contribution in [1.29, 1.82) is 0 Å². The van der Waals surface area contributed by atoms with Crippen molar-refractivity contribution in [1.82, 2.24) is 0 Å². The maximum Gasteiger partial charge on any atom is 0.309 e. The third kappa shape index (κ3) is 67.5. The average molecular weight is 1210 g/mol. The Bertz CT molecular complexity index is 1280.